The van der Waals surface area contributed by atoms with Crippen molar-refractivity contribution in [2.24, 2.45) is 5.73 Å². The van der Waals surface area contributed by atoms with E-state index in [1.165, 1.54) is 6.07 Å². The number of aryl methyl sites for hydroxylation is 1. The maximum atomic E-state index is 11.5. The number of aromatic nitrogens is 2. The smallest absolute Gasteiger partial charge is 0.267 e. The largest absolute Gasteiger partial charge is 0.472 e. The highest BCUT2D eigenvalue weighted by Crippen LogP contribution is 2.21. The minimum Gasteiger partial charge on any atom is -0.472 e. The van der Waals surface area contributed by atoms with Crippen LogP contribution in [-0.2, 0) is 4.74 Å². The molecule has 1 aliphatic rings. The maximum absolute atomic E-state index is 11.5. The van der Waals surface area contributed by atoms with E-state index < -0.39 is 5.91 Å². The number of nitrogens with zero attached hydrogens (tertiary/aromatic N) is 2. The van der Waals surface area contributed by atoms with E-state index in [1.54, 1.807) is 0 Å². The second kappa shape index (κ2) is 6.11. The first-order valence-electron chi connectivity index (χ1n) is 7.12. The van der Waals surface area contributed by atoms with E-state index in [4.69, 9.17) is 15.2 Å². The van der Waals surface area contributed by atoms with Gasteiger partial charge in [-0.05, 0) is 6.92 Å². The Morgan fingerprint density at radius 3 is 2.73 bits per heavy atom. The molecule has 6 heteroatoms. The van der Waals surface area contributed by atoms with E-state index in [9.17, 15) is 4.79 Å². The summed E-state index contributed by atoms with van der Waals surface area (Å²) in [5, 5.41) is 0. The Balaban J connectivity index is 1.95. The van der Waals surface area contributed by atoms with Gasteiger partial charge in [-0.2, -0.15) is 4.98 Å². The lowest BCUT2D eigenvalue weighted by molar-refractivity contribution is 0.0993. The summed E-state index contributed by atoms with van der Waals surface area (Å²) in [4.78, 5) is 20.1. The first kappa shape index (κ1) is 14.5. The third kappa shape index (κ3) is 3.23. The molecule has 114 valence electrons. The number of benzene rings is 1. The normalized spacial score (nSPS) is 17.4. The van der Waals surface area contributed by atoms with Crippen molar-refractivity contribution in [1.82, 2.24) is 9.97 Å². The van der Waals surface area contributed by atoms with Crippen LogP contribution in [0.2, 0.25) is 0 Å². The second-order valence-electron chi connectivity index (χ2n) is 5.25. The summed E-state index contributed by atoms with van der Waals surface area (Å²) < 4.78 is 11.0. The van der Waals surface area contributed by atoms with Gasteiger partial charge in [-0.3, -0.25) is 4.79 Å². The molecule has 1 aliphatic heterocycles. The van der Waals surface area contributed by atoms with Crippen molar-refractivity contribution < 1.29 is 14.3 Å². The zero-order valence-electron chi connectivity index (χ0n) is 12.3. The van der Waals surface area contributed by atoms with E-state index >= 15 is 0 Å². The van der Waals surface area contributed by atoms with Crippen LogP contribution in [0.25, 0.3) is 11.4 Å². The van der Waals surface area contributed by atoms with Crippen molar-refractivity contribution in [1.29, 1.82) is 0 Å². The maximum Gasteiger partial charge on any atom is 0.267 e. The van der Waals surface area contributed by atoms with Gasteiger partial charge in [0.1, 0.15) is 11.8 Å². The molecule has 1 amide bonds. The van der Waals surface area contributed by atoms with Crippen LogP contribution >= 0.6 is 0 Å². The molecule has 0 aliphatic carbocycles. The zero-order chi connectivity index (χ0) is 15.5. The lowest BCUT2D eigenvalue weighted by Gasteiger charge is -2.12. The Morgan fingerprint density at radius 1 is 1.32 bits per heavy atom. The molecule has 3 rings (SSSR count). The van der Waals surface area contributed by atoms with Crippen LogP contribution in [0, 0.1) is 6.92 Å². The molecule has 0 radical (unpaired) electrons. The molecule has 6 nitrogen and oxygen atoms in total. The van der Waals surface area contributed by atoms with Crippen LogP contribution in [0.5, 0.6) is 5.88 Å². The highest BCUT2D eigenvalue weighted by atomic mass is 16.5. The summed E-state index contributed by atoms with van der Waals surface area (Å²) >= 11 is 0. The van der Waals surface area contributed by atoms with Gasteiger partial charge in [0, 0.05) is 18.1 Å². The summed E-state index contributed by atoms with van der Waals surface area (Å²) in [6, 6.07) is 9.19. The van der Waals surface area contributed by atoms with Gasteiger partial charge >= 0.3 is 0 Å². The number of amides is 1. The van der Waals surface area contributed by atoms with Gasteiger partial charge in [0.15, 0.2) is 5.82 Å². The third-order valence-electron chi connectivity index (χ3n) is 3.44. The highest BCUT2D eigenvalue weighted by molar-refractivity contribution is 5.91. The van der Waals surface area contributed by atoms with Crippen LogP contribution < -0.4 is 10.5 Å². The van der Waals surface area contributed by atoms with Crippen molar-refractivity contribution in [3.8, 4) is 17.3 Å². The quantitative estimate of drug-likeness (QED) is 0.928. The average Bonchev–Trinajstić information content (AvgIpc) is 3.00. The molecular formula is C16H17N3O3. The van der Waals surface area contributed by atoms with Crippen molar-refractivity contribution in [2.45, 2.75) is 19.4 Å². The molecule has 1 saturated heterocycles. The molecule has 1 fully saturated rings. The number of carbonyl (C=O) groups excluding carboxylic acids is 1. The number of rotatable bonds is 4. The number of carbonyl (C=O) groups is 1. The Labute approximate surface area is 128 Å². The average molecular weight is 299 g/mol. The van der Waals surface area contributed by atoms with E-state index in [2.05, 4.69) is 9.97 Å². The fourth-order valence-electron chi connectivity index (χ4n) is 2.22. The van der Waals surface area contributed by atoms with Crippen molar-refractivity contribution >= 4 is 5.91 Å². The number of primary amides is 1. The molecule has 1 aromatic carbocycles. The van der Waals surface area contributed by atoms with Gasteiger partial charge in [-0.1, -0.05) is 29.8 Å². The van der Waals surface area contributed by atoms with Crippen molar-refractivity contribution in [3.63, 3.8) is 0 Å². The Bertz CT molecular complexity index is 680. The first-order chi connectivity index (χ1) is 10.6. The second-order valence-corrected chi connectivity index (χ2v) is 5.25. The summed E-state index contributed by atoms with van der Waals surface area (Å²) in [5.41, 5.74) is 7.43. The van der Waals surface area contributed by atoms with E-state index in [0.717, 1.165) is 17.5 Å². The van der Waals surface area contributed by atoms with Crippen LogP contribution in [0.1, 0.15) is 22.5 Å². The topological polar surface area (TPSA) is 87.3 Å². The number of hydrogen-bond acceptors (Lipinski definition) is 5. The van der Waals surface area contributed by atoms with Gasteiger partial charge in [-0.15, -0.1) is 0 Å². The van der Waals surface area contributed by atoms with Gasteiger partial charge in [-0.25, -0.2) is 4.98 Å². The summed E-state index contributed by atoms with van der Waals surface area (Å²) in [6.07, 6.45) is 0.747. The van der Waals surface area contributed by atoms with E-state index in [1.807, 2.05) is 31.2 Å². The van der Waals surface area contributed by atoms with Gasteiger partial charge in [0.25, 0.3) is 5.91 Å². The van der Waals surface area contributed by atoms with E-state index in [-0.39, 0.29) is 11.8 Å². The molecule has 1 atom stereocenters. The van der Waals surface area contributed by atoms with E-state index in [0.29, 0.717) is 24.9 Å². The van der Waals surface area contributed by atoms with Crippen LogP contribution in [-0.4, -0.2) is 35.2 Å². The molecule has 1 aromatic heterocycles. The van der Waals surface area contributed by atoms with Gasteiger partial charge < -0.3 is 15.2 Å². The number of hydrogen-bond donors (Lipinski definition) is 1. The number of ether oxygens (including phenoxy) is 2. The molecular weight excluding hydrogens is 282 g/mol. The fourth-order valence-corrected chi connectivity index (χ4v) is 2.22. The molecule has 1 unspecified atom stereocenters. The molecule has 2 N–H and O–H groups in total. The SMILES string of the molecule is Cc1ccc(-c2nc(OC3CCOC3)cc(C(N)=O)n2)cc1. The number of nitrogens with two attached hydrogens (primary N) is 1. The standard InChI is InChI=1S/C16H17N3O3/c1-10-2-4-11(5-3-10)16-18-13(15(17)20)8-14(19-16)22-12-6-7-21-9-12/h2-5,8,12H,6-7,9H2,1H3,(H2,17,20). The van der Waals surface area contributed by atoms with Crippen LogP contribution in [0.15, 0.2) is 30.3 Å². The molecule has 0 spiro atoms. The molecule has 22 heavy (non-hydrogen) atoms. The van der Waals surface area contributed by atoms with Gasteiger partial charge in [0.2, 0.25) is 5.88 Å². The predicted molar refractivity (Wildman–Crippen MR) is 80.6 cm³/mol. The third-order valence-corrected chi connectivity index (χ3v) is 3.44. The predicted octanol–water partition coefficient (Wildman–Crippen LogP) is 1.72. The highest BCUT2D eigenvalue weighted by Gasteiger charge is 2.19. The molecule has 2 heterocycles. The molecule has 0 saturated carbocycles. The Hall–Kier alpha value is -2.47. The Kier molecular flexibility index (Phi) is 4.02. The van der Waals surface area contributed by atoms with Crippen molar-refractivity contribution in [3.05, 3.63) is 41.6 Å². The summed E-state index contributed by atoms with van der Waals surface area (Å²) in [6.45, 7) is 3.19. The molecule has 0 bridgehead atoms. The minimum atomic E-state index is -0.608. The van der Waals surface area contributed by atoms with Crippen molar-refractivity contribution in [2.75, 3.05) is 13.2 Å². The minimum absolute atomic E-state index is 0.0542. The fraction of sp³-hybridized carbons (Fsp3) is 0.312. The lowest BCUT2D eigenvalue weighted by atomic mass is 10.1. The summed E-state index contributed by atoms with van der Waals surface area (Å²) in [5.74, 6) is 0.156. The zero-order valence-corrected chi connectivity index (χ0v) is 12.3. The monoisotopic (exact) mass is 299 g/mol. The lowest BCUT2D eigenvalue weighted by Crippen LogP contribution is -2.19. The summed E-state index contributed by atoms with van der Waals surface area (Å²) in [7, 11) is 0. The van der Waals surface area contributed by atoms with Crippen LogP contribution in [0.3, 0.4) is 0 Å². The first-order valence-corrected chi connectivity index (χ1v) is 7.12. The van der Waals surface area contributed by atoms with Crippen LogP contribution in [0.4, 0.5) is 0 Å². The Morgan fingerprint density at radius 2 is 2.09 bits per heavy atom. The molecule has 2 aromatic rings. The van der Waals surface area contributed by atoms with Gasteiger partial charge in [0.05, 0.1) is 13.2 Å².